The van der Waals surface area contributed by atoms with Gasteiger partial charge in [0.1, 0.15) is 0 Å². The van der Waals surface area contributed by atoms with Gasteiger partial charge in [-0.2, -0.15) is 5.26 Å². The Morgan fingerprint density at radius 3 is 2.38 bits per heavy atom. The van der Waals surface area contributed by atoms with Crippen LogP contribution in [0.3, 0.4) is 0 Å². The summed E-state index contributed by atoms with van der Waals surface area (Å²) in [5.74, 6) is -0.599. The van der Waals surface area contributed by atoms with Crippen molar-refractivity contribution in [1.29, 1.82) is 5.26 Å². The fourth-order valence-electron chi connectivity index (χ4n) is 1.31. The highest BCUT2D eigenvalue weighted by Gasteiger charge is 2.31. The van der Waals surface area contributed by atoms with Crippen molar-refractivity contribution in [2.24, 2.45) is 5.73 Å². The van der Waals surface area contributed by atoms with Crippen LogP contribution in [0.15, 0.2) is 0 Å². The molecule has 0 saturated carbocycles. The second-order valence-corrected chi connectivity index (χ2v) is 6.06. The fraction of sp³-hybridized carbons (Fsp3) is 0.778. The summed E-state index contributed by atoms with van der Waals surface area (Å²) in [6, 6.07) is 1.70. The number of primary amides is 1. The predicted octanol–water partition coefficient (Wildman–Crippen LogP) is -0.138. The van der Waals surface area contributed by atoms with Gasteiger partial charge in [0.25, 0.3) is 0 Å². The van der Waals surface area contributed by atoms with Gasteiger partial charge in [-0.3, -0.25) is 4.79 Å². The van der Waals surface area contributed by atoms with E-state index in [1.807, 2.05) is 0 Å². The first-order chi connectivity index (χ1) is 7.14. The number of sulfonamides is 1. The molecular weight excluding hydrogens is 230 g/mol. The Balaban J connectivity index is 4.84. The van der Waals surface area contributed by atoms with E-state index in [4.69, 9.17) is 11.0 Å². The van der Waals surface area contributed by atoms with Gasteiger partial charge in [-0.05, 0) is 20.3 Å². The molecule has 0 rings (SSSR count). The smallest absolute Gasteiger partial charge is 0.228 e. The van der Waals surface area contributed by atoms with Crippen LogP contribution >= 0.6 is 0 Å². The standard InChI is InChI=1S/C9H17N3O3S/c1-4-7(6-10)16(14,15)12-9(2,3)5-8(11)13/h7,12H,4-5H2,1-3H3,(H2,11,13). The molecule has 0 heterocycles. The first-order valence-corrected chi connectivity index (χ1v) is 6.40. The lowest BCUT2D eigenvalue weighted by Gasteiger charge is -2.25. The molecule has 1 amide bonds. The van der Waals surface area contributed by atoms with E-state index in [9.17, 15) is 13.2 Å². The number of nitriles is 1. The maximum Gasteiger partial charge on any atom is 0.228 e. The average molecular weight is 247 g/mol. The quantitative estimate of drug-likeness (QED) is 0.680. The van der Waals surface area contributed by atoms with Crippen LogP contribution < -0.4 is 10.5 Å². The Labute approximate surface area is 95.9 Å². The van der Waals surface area contributed by atoms with Gasteiger partial charge >= 0.3 is 0 Å². The Hall–Kier alpha value is -1.13. The molecule has 92 valence electrons. The van der Waals surface area contributed by atoms with E-state index < -0.39 is 26.7 Å². The van der Waals surface area contributed by atoms with Crippen molar-refractivity contribution in [3.63, 3.8) is 0 Å². The summed E-state index contributed by atoms with van der Waals surface area (Å²) >= 11 is 0. The van der Waals surface area contributed by atoms with Crippen molar-refractivity contribution in [2.45, 2.75) is 44.4 Å². The van der Waals surface area contributed by atoms with Crippen LogP contribution in [0.2, 0.25) is 0 Å². The van der Waals surface area contributed by atoms with Crippen molar-refractivity contribution in [3.8, 4) is 6.07 Å². The average Bonchev–Trinajstić information content (AvgIpc) is 1.99. The Morgan fingerprint density at radius 2 is 2.06 bits per heavy atom. The maximum atomic E-state index is 11.7. The maximum absolute atomic E-state index is 11.7. The zero-order chi connectivity index (χ0) is 13.0. The number of hydrogen-bond donors (Lipinski definition) is 2. The number of carbonyl (C=O) groups excluding carboxylic acids is 1. The van der Waals surface area contributed by atoms with E-state index in [0.29, 0.717) is 0 Å². The first kappa shape index (κ1) is 14.9. The van der Waals surface area contributed by atoms with Crippen molar-refractivity contribution >= 4 is 15.9 Å². The van der Waals surface area contributed by atoms with E-state index in [1.165, 1.54) is 0 Å². The highest BCUT2D eigenvalue weighted by molar-refractivity contribution is 7.90. The summed E-state index contributed by atoms with van der Waals surface area (Å²) in [5.41, 5.74) is 4.02. The summed E-state index contributed by atoms with van der Waals surface area (Å²) in [6.07, 6.45) is 0.0760. The molecular formula is C9H17N3O3S. The number of amides is 1. The summed E-state index contributed by atoms with van der Waals surface area (Å²) in [6.45, 7) is 4.69. The highest BCUT2D eigenvalue weighted by Crippen LogP contribution is 2.13. The van der Waals surface area contributed by atoms with Gasteiger partial charge in [-0.1, -0.05) is 6.92 Å². The summed E-state index contributed by atoms with van der Waals surface area (Å²) < 4.78 is 25.7. The fourth-order valence-corrected chi connectivity index (χ4v) is 2.87. The molecule has 0 aliphatic carbocycles. The van der Waals surface area contributed by atoms with Crippen LogP contribution in [-0.2, 0) is 14.8 Å². The van der Waals surface area contributed by atoms with Gasteiger partial charge in [0.2, 0.25) is 15.9 Å². The largest absolute Gasteiger partial charge is 0.370 e. The van der Waals surface area contributed by atoms with Gasteiger partial charge in [-0.25, -0.2) is 13.1 Å². The number of nitrogens with one attached hydrogen (secondary N) is 1. The van der Waals surface area contributed by atoms with E-state index >= 15 is 0 Å². The van der Waals surface area contributed by atoms with Gasteiger partial charge in [0, 0.05) is 12.0 Å². The summed E-state index contributed by atoms with van der Waals surface area (Å²) in [4.78, 5) is 10.7. The molecule has 0 bridgehead atoms. The zero-order valence-corrected chi connectivity index (χ0v) is 10.5. The summed E-state index contributed by atoms with van der Waals surface area (Å²) in [7, 11) is -3.74. The second kappa shape index (κ2) is 5.27. The molecule has 0 radical (unpaired) electrons. The lowest BCUT2D eigenvalue weighted by molar-refractivity contribution is -0.119. The van der Waals surface area contributed by atoms with Gasteiger partial charge < -0.3 is 5.73 Å². The Morgan fingerprint density at radius 1 is 1.56 bits per heavy atom. The third-order valence-electron chi connectivity index (χ3n) is 1.92. The second-order valence-electron chi connectivity index (χ2n) is 4.20. The third kappa shape index (κ3) is 4.59. The number of nitrogens with zero attached hydrogens (tertiary/aromatic N) is 1. The molecule has 0 aromatic heterocycles. The SMILES string of the molecule is CCC(C#N)S(=O)(=O)NC(C)(C)CC(N)=O. The van der Waals surface area contributed by atoms with Crippen LogP contribution in [0.5, 0.6) is 0 Å². The molecule has 1 atom stereocenters. The highest BCUT2D eigenvalue weighted by atomic mass is 32.2. The van der Waals surface area contributed by atoms with Gasteiger partial charge in [-0.15, -0.1) is 0 Å². The lowest BCUT2D eigenvalue weighted by Crippen LogP contribution is -2.48. The molecule has 0 aliphatic rings. The van der Waals surface area contributed by atoms with Gasteiger partial charge in [0.05, 0.1) is 6.07 Å². The van der Waals surface area contributed by atoms with Crippen LogP contribution in [0.1, 0.15) is 33.6 Å². The zero-order valence-electron chi connectivity index (χ0n) is 9.65. The van der Waals surface area contributed by atoms with E-state index in [0.717, 1.165) is 0 Å². The number of nitrogens with two attached hydrogens (primary N) is 1. The van der Waals surface area contributed by atoms with Crippen molar-refractivity contribution < 1.29 is 13.2 Å². The molecule has 0 fully saturated rings. The first-order valence-electron chi connectivity index (χ1n) is 4.85. The molecule has 1 unspecified atom stereocenters. The minimum Gasteiger partial charge on any atom is -0.370 e. The number of carbonyl (C=O) groups is 1. The van der Waals surface area contributed by atoms with E-state index in [1.54, 1.807) is 26.8 Å². The van der Waals surface area contributed by atoms with E-state index in [2.05, 4.69) is 4.72 Å². The Kier molecular flexibility index (Phi) is 4.90. The molecule has 0 aromatic rings. The van der Waals surface area contributed by atoms with Crippen molar-refractivity contribution in [1.82, 2.24) is 4.72 Å². The third-order valence-corrected chi connectivity index (χ3v) is 3.95. The molecule has 0 saturated heterocycles. The van der Waals surface area contributed by atoms with Crippen LogP contribution in [0.25, 0.3) is 0 Å². The predicted molar refractivity (Wildman–Crippen MR) is 59.6 cm³/mol. The minimum atomic E-state index is -3.74. The van der Waals surface area contributed by atoms with Gasteiger partial charge in [0.15, 0.2) is 5.25 Å². The van der Waals surface area contributed by atoms with Crippen LogP contribution in [0.4, 0.5) is 0 Å². The molecule has 7 heteroatoms. The molecule has 3 N–H and O–H groups in total. The molecule has 6 nitrogen and oxygen atoms in total. The topological polar surface area (TPSA) is 113 Å². The molecule has 16 heavy (non-hydrogen) atoms. The number of hydrogen-bond acceptors (Lipinski definition) is 4. The molecule has 0 spiro atoms. The van der Waals surface area contributed by atoms with Crippen LogP contribution in [0, 0.1) is 11.3 Å². The summed E-state index contributed by atoms with van der Waals surface area (Å²) in [5, 5.41) is 7.57. The lowest BCUT2D eigenvalue weighted by atomic mass is 10.0. The monoisotopic (exact) mass is 247 g/mol. The normalized spacial score (nSPS) is 14.1. The number of rotatable bonds is 6. The molecule has 0 aromatic carbocycles. The Bertz CT molecular complexity index is 395. The minimum absolute atomic E-state index is 0.117. The van der Waals surface area contributed by atoms with Crippen molar-refractivity contribution in [3.05, 3.63) is 0 Å². The molecule has 0 aliphatic heterocycles. The van der Waals surface area contributed by atoms with Crippen LogP contribution in [-0.4, -0.2) is 25.1 Å². The van der Waals surface area contributed by atoms with Crippen molar-refractivity contribution in [2.75, 3.05) is 0 Å². The van der Waals surface area contributed by atoms with E-state index in [-0.39, 0.29) is 12.8 Å².